The van der Waals surface area contributed by atoms with E-state index in [1.54, 1.807) is 35.5 Å². The summed E-state index contributed by atoms with van der Waals surface area (Å²) in [4.78, 5) is 0. The van der Waals surface area contributed by atoms with Crippen molar-refractivity contribution in [3.8, 4) is 0 Å². The van der Waals surface area contributed by atoms with Crippen molar-refractivity contribution in [2.24, 2.45) is 0 Å². The summed E-state index contributed by atoms with van der Waals surface area (Å²) in [5.74, 6) is 0.616. The molecule has 19 heavy (non-hydrogen) atoms. The Balaban J connectivity index is 0. The van der Waals surface area contributed by atoms with Crippen LogP contribution in [0.4, 0.5) is 0 Å². The van der Waals surface area contributed by atoms with E-state index in [-0.39, 0.29) is 0 Å². The van der Waals surface area contributed by atoms with Gasteiger partial charge in [-0.15, -0.1) is 23.2 Å². The first-order valence-electron chi connectivity index (χ1n) is 5.80. The van der Waals surface area contributed by atoms with Crippen molar-refractivity contribution >= 4 is 40.6 Å². The quantitative estimate of drug-likeness (QED) is 0.471. The first-order chi connectivity index (χ1) is 8.92. The third kappa shape index (κ3) is 9.38. The highest BCUT2D eigenvalue weighted by Gasteiger charge is 2.36. The number of halogens is 2. The molecule has 0 unspecified atom stereocenters. The lowest BCUT2D eigenvalue weighted by Gasteiger charge is -2.23. The lowest BCUT2D eigenvalue weighted by atomic mass is 10.6. The van der Waals surface area contributed by atoms with Crippen LogP contribution in [0.25, 0.3) is 0 Å². The minimum Gasteiger partial charge on any atom is -0.397 e. The Morgan fingerprint density at radius 1 is 0.789 bits per heavy atom. The second-order valence-corrected chi connectivity index (χ2v) is 11.4. The maximum Gasteiger partial charge on any atom is 0.500 e. The summed E-state index contributed by atoms with van der Waals surface area (Å²) in [6, 6.07) is 0.778. The molecule has 0 atom stereocenters. The number of hydrogen-bond acceptors (Lipinski definition) is 5. The molecule has 0 aromatic carbocycles. The van der Waals surface area contributed by atoms with Crippen LogP contribution in [0.5, 0.6) is 0 Å². The van der Waals surface area contributed by atoms with E-state index < -0.39 is 17.4 Å². The molecule has 0 N–H and O–H groups in total. The van der Waals surface area contributed by atoms with Crippen molar-refractivity contribution in [3.63, 3.8) is 0 Å². The SMILES string of the molecule is CO[Si](C)(CCl)OC.CO[Si](CCCCl)(OC)OC. The van der Waals surface area contributed by atoms with Gasteiger partial charge in [-0.05, 0) is 13.0 Å². The summed E-state index contributed by atoms with van der Waals surface area (Å²) >= 11 is 11.1. The van der Waals surface area contributed by atoms with E-state index in [2.05, 4.69) is 0 Å². The summed E-state index contributed by atoms with van der Waals surface area (Å²) in [7, 11) is 3.83. The molecule has 0 fully saturated rings. The molecule has 0 saturated carbocycles. The van der Waals surface area contributed by atoms with E-state index in [0.29, 0.717) is 11.4 Å². The molecule has 0 amide bonds. The van der Waals surface area contributed by atoms with E-state index in [1.165, 1.54) is 0 Å². The minimum absolute atomic E-state index is 0.486. The molecule has 0 radical (unpaired) electrons. The zero-order valence-corrected chi connectivity index (χ0v) is 16.1. The highest BCUT2D eigenvalue weighted by Crippen LogP contribution is 2.14. The van der Waals surface area contributed by atoms with Crippen LogP contribution in [-0.4, -0.2) is 64.3 Å². The maximum atomic E-state index is 5.53. The monoisotopic (exact) mass is 352 g/mol. The standard InChI is InChI=1S/C6H15ClO3Si.C4H11ClO2Si/c1-8-11(9-2,10-3)6-4-5-7;1-6-8(3,4-5)7-2/h4-6H2,1-3H3;4H2,1-3H3. The summed E-state index contributed by atoms with van der Waals surface area (Å²) < 4.78 is 25.6. The maximum absolute atomic E-state index is 5.53. The van der Waals surface area contributed by atoms with Gasteiger partial charge in [0.2, 0.25) is 0 Å². The molecule has 118 valence electrons. The number of rotatable bonds is 9. The van der Waals surface area contributed by atoms with Gasteiger partial charge in [-0.3, -0.25) is 0 Å². The first-order valence-corrected chi connectivity index (χ1v) is 11.3. The van der Waals surface area contributed by atoms with E-state index in [1.807, 2.05) is 6.55 Å². The molecule has 0 aliphatic rings. The van der Waals surface area contributed by atoms with Crippen LogP contribution in [-0.2, 0) is 22.1 Å². The molecule has 0 aliphatic heterocycles. The molecule has 0 saturated heterocycles. The minimum atomic E-state index is -2.32. The zero-order valence-electron chi connectivity index (χ0n) is 12.6. The van der Waals surface area contributed by atoms with Crippen LogP contribution in [0.3, 0.4) is 0 Å². The van der Waals surface area contributed by atoms with Gasteiger partial charge in [0.05, 0.1) is 5.50 Å². The topological polar surface area (TPSA) is 46.2 Å². The Bertz CT molecular complexity index is 188. The molecule has 5 nitrogen and oxygen atoms in total. The van der Waals surface area contributed by atoms with Gasteiger partial charge >= 0.3 is 17.4 Å². The second-order valence-electron chi connectivity index (χ2n) is 3.76. The van der Waals surface area contributed by atoms with E-state index >= 15 is 0 Å². The Morgan fingerprint density at radius 2 is 1.21 bits per heavy atom. The molecular weight excluding hydrogens is 327 g/mol. The summed E-state index contributed by atoms with van der Waals surface area (Å²) in [6.45, 7) is 1.92. The molecule has 9 heteroatoms. The van der Waals surface area contributed by atoms with Gasteiger partial charge in [-0.25, -0.2) is 0 Å². The van der Waals surface area contributed by atoms with Gasteiger partial charge in [0.1, 0.15) is 0 Å². The number of alkyl halides is 2. The third-order valence-electron chi connectivity index (χ3n) is 2.66. The lowest BCUT2D eigenvalue weighted by Crippen LogP contribution is -2.42. The van der Waals surface area contributed by atoms with Gasteiger partial charge in [0.25, 0.3) is 0 Å². The third-order valence-corrected chi connectivity index (χ3v) is 9.42. The second kappa shape index (κ2) is 12.5. The van der Waals surface area contributed by atoms with Crippen LogP contribution in [0.2, 0.25) is 12.6 Å². The smallest absolute Gasteiger partial charge is 0.397 e. The van der Waals surface area contributed by atoms with Crippen molar-refractivity contribution in [2.45, 2.75) is 19.0 Å². The lowest BCUT2D eigenvalue weighted by molar-refractivity contribution is 0.123. The van der Waals surface area contributed by atoms with Crippen molar-refractivity contribution in [1.82, 2.24) is 0 Å². The van der Waals surface area contributed by atoms with Crippen LogP contribution in [0, 0.1) is 0 Å². The highest BCUT2D eigenvalue weighted by atomic mass is 35.5. The Hall–Kier alpha value is 0.814. The molecule has 0 bridgehead atoms. The molecular formula is C10H26Cl2O5Si2. The average molecular weight is 353 g/mol. The summed E-state index contributed by atoms with van der Waals surface area (Å²) in [6.07, 6.45) is 0.864. The van der Waals surface area contributed by atoms with Gasteiger partial charge in [0, 0.05) is 47.5 Å². The molecule has 0 aromatic rings. The fraction of sp³-hybridized carbons (Fsp3) is 1.00. The fourth-order valence-corrected chi connectivity index (χ4v) is 4.15. The number of hydrogen-bond donors (Lipinski definition) is 0. The Morgan fingerprint density at radius 3 is 1.37 bits per heavy atom. The largest absolute Gasteiger partial charge is 0.500 e. The molecule has 0 spiro atoms. The van der Waals surface area contributed by atoms with Crippen LogP contribution in [0.1, 0.15) is 6.42 Å². The zero-order chi connectivity index (χ0) is 15.4. The predicted octanol–water partition coefficient (Wildman–Crippen LogP) is 2.62. The van der Waals surface area contributed by atoms with Gasteiger partial charge in [-0.2, -0.15) is 0 Å². The Kier molecular flexibility index (Phi) is 14.6. The first kappa shape index (κ1) is 22.1. The van der Waals surface area contributed by atoms with Gasteiger partial charge in [0.15, 0.2) is 0 Å². The summed E-state index contributed by atoms with van der Waals surface area (Å²) in [5.41, 5.74) is 0.486. The normalized spacial score (nSPS) is 12.0. The van der Waals surface area contributed by atoms with Gasteiger partial charge < -0.3 is 22.1 Å². The molecule has 0 aromatic heterocycles. The molecule has 0 rings (SSSR count). The van der Waals surface area contributed by atoms with Crippen LogP contribution < -0.4 is 0 Å². The Labute approximate surface area is 129 Å². The highest BCUT2D eigenvalue weighted by molar-refractivity contribution is 6.73. The van der Waals surface area contributed by atoms with Crippen LogP contribution in [0.15, 0.2) is 0 Å². The van der Waals surface area contributed by atoms with Crippen molar-refractivity contribution in [2.75, 3.05) is 46.9 Å². The van der Waals surface area contributed by atoms with E-state index in [9.17, 15) is 0 Å². The van der Waals surface area contributed by atoms with E-state index in [0.717, 1.165) is 12.5 Å². The van der Waals surface area contributed by atoms with Crippen molar-refractivity contribution < 1.29 is 22.1 Å². The molecule has 0 aliphatic carbocycles. The van der Waals surface area contributed by atoms with Crippen LogP contribution >= 0.6 is 23.2 Å². The van der Waals surface area contributed by atoms with Crippen molar-refractivity contribution in [3.05, 3.63) is 0 Å². The average Bonchev–Trinajstić information content (AvgIpc) is 2.49. The molecule has 0 heterocycles. The van der Waals surface area contributed by atoms with Gasteiger partial charge in [-0.1, -0.05) is 0 Å². The van der Waals surface area contributed by atoms with Crippen molar-refractivity contribution in [1.29, 1.82) is 0 Å². The predicted molar refractivity (Wildman–Crippen MR) is 83.3 cm³/mol. The fourth-order valence-electron chi connectivity index (χ4n) is 1.03. The summed E-state index contributed by atoms with van der Waals surface area (Å²) in [5, 5.41) is 0. The van der Waals surface area contributed by atoms with E-state index in [4.69, 9.17) is 45.3 Å².